The van der Waals surface area contributed by atoms with Crippen LogP contribution < -0.4 is 0 Å². The number of sulfonamides is 1. The quantitative estimate of drug-likeness (QED) is 0.605. The molecule has 0 amide bonds. The highest BCUT2D eigenvalue weighted by Gasteiger charge is 2.34. The molecule has 0 radical (unpaired) electrons. The van der Waals surface area contributed by atoms with Crippen LogP contribution in [-0.4, -0.2) is 32.4 Å². The van der Waals surface area contributed by atoms with E-state index in [0.29, 0.717) is 4.90 Å². The molecule has 1 aromatic carbocycles. The van der Waals surface area contributed by atoms with E-state index < -0.39 is 10.0 Å². The molecule has 130 valence electrons. The van der Waals surface area contributed by atoms with Crippen LogP contribution in [0.15, 0.2) is 41.0 Å². The maximum atomic E-state index is 13.2. The summed E-state index contributed by atoms with van der Waals surface area (Å²) in [6.07, 6.45) is 5.42. The van der Waals surface area contributed by atoms with Crippen molar-refractivity contribution in [3.63, 3.8) is 0 Å². The van der Waals surface area contributed by atoms with Crippen molar-refractivity contribution >= 4 is 10.0 Å². The summed E-state index contributed by atoms with van der Waals surface area (Å²) in [6, 6.07) is 6.79. The van der Waals surface area contributed by atoms with Crippen molar-refractivity contribution < 1.29 is 13.2 Å². The van der Waals surface area contributed by atoms with Crippen LogP contribution in [0.1, 0.15) is 38.2 Å². The van der Waals surface area contributed by atoms with Crippen molar-refractivity contribution in [2.75, 3.05) is 13.7 Å². The lowest BCUT2D eigenvalue weighted by Crippen LogP contribution is -2.43. The molecule has 0 N–H and O–H groups in total. The van der Waals surface area contributed by atoms with Crippen LogP contribution in [0.5, 0.6) is 0 Å². The van der Waals surface area contributed by atoms with E-state index in [1.807, 2.05) is 19.1 Å². The first-order chi connectivity index (χ1) is 11.5. The average Bonchev–Trinajstić information content (AvgIpc) is 2.57. The summed E-state index contributed by atoms with van der Waals surface area (Å²) in [4.78, 5) is 0.313. The second-order valence-corrected chi connectivity index (χ2v) is 7.87. The lowest BCUT2D eigenvalue weighted by Gasteiger charge is -2.34. The highest BCUT2D eigenvalue weighted by atomic mass is 32.2. The summed E-state index contributed by atoms with van der Waals surface area (Å²) in [5.74, 6) is 5.73. The number of rotatable bonds is 5. The number of hydrogen-bond acceptors (Lipinski definition) is 3. The van der Waals surface area contributed by atoms with Crippen molar-refractivity contribution in [3.05, 3.63) is 41.7 Å². The summed E-state index contributed by atoms with van der Waals surface area (Å²) in [6.45, 7) is 3.86. The molecule has 1 aromatic rings. The molecule has 0 aromatic heterocycles. The summed E-state index contributed by atoms with van der Waals surface area (Å²) in [5.41, 5.74) is 2.06. The van der Waals surface area contributed by atoms with Crippen LogP contribution in [0.25, 0.3) is 0 Å². The summed E-state index contributed by atoms with van der Waals surface area (Å²) < 4.78 is 33.1. The molecule has 2 rings (SSSR count). The monoisotopic (exact) mass is 347 g/mol. The van der Waals surface area contributed by atoms with Gasteiger partial charge in [0.25, 0.3) is 0 Å². The highest BCUT2D eigenvalue weighted by molar-refractivity contribution is 7.89. The lowest BCUT2D eigenvalue weighted by molar-refractivity contribution is 0.292. The van der Waals surface area contributed by atoms with Gasteiger partial charge in [-0.1, -0.05) is 30.0 Å². The molecule has 1 atom stereocenters. The van der Waals surface area contributed by atoms with Crippen LogP contribution in [-0.2, 0) is 14.8 Å². The number of nitrogens with zero attached hydrogens (tertiary/aromatic N) is 1. The molecule has 1 aliphatic carbocycles. The Hall–Kier alpha value is -1.77. The third kappa shape index (κ3) is 4.19. The van der Waals surface area contributed by atoms with Gasteiger partial charge in [0.05, 0.1) is 30.9 Å². The molecule has 4 nitrogen and oxygen atoms in total. The Morgan fingerprint density at radius 3 is 2.62 bits per heavy atom. The first-order valence-corrected chi connectivity index (χ1v) is 9.64. The van der Waals surface area contributed by atoms with Gasteiger partial charge in [-0.15, -0.1) is 5.92 Å². The van der Waals surface area contributed by atoms with Crippen LogP contribution >= 0.6 is 0 Å². The Labute approximate surface area is 145 Å². The van der Waals surface area contributed by atoms with Gasteiger partial charge in [0, 0.05) is 0 Å². The zero-order chi connectivity index (χ0) is 17.6. The van der Waals surface area contributed by atoms with Gasteiger partial charge in [-0.05, 0) is 50.8 Å². The van der Waals surface area contributed by atoms with E-state index in [-0.39, 0.29) is 12.6 Å². The SMILES string of the molecule is CC#CCN(C1CCCC/C1=C\OC)S(=O)(=O)c1ccc(C)cc1. The smallest absolute Gasteiger partial charge is 0.244 e. The minimum atomic E-state index is -3.61. The number of hydrogen-bond donors (Lipinski definition) is 0. The molecule has 1 unspecified atom stereocenters. The molecule has 0 bridgehead atoms. The molecule has 0 spiro atoms. The molecule has 1 saturated carbocycles. The van der Waals surface area contributed by atoms with Crippen LogP contribution in [0.2, 0.25) is 0 Å². The third-order valence-electron chi connectivity index (χ3n) is 4.28. The Kier molecular flexibility index (Phi) is 6.47. The topological polar surface area (TPSA) is 46.6 Å². The number of aryl methyl sites for hydroxylation is 1. The molecule has 5 heteroatoms. The van der Waals surface area contributed by atoms with E-state index in [9.17, 15) is 8.42 Å². The number of ether oxygens (including phenoxy) is 1. The minimum absolute atomic E-state index is 0.189. The van der Waals surface area contributed by atoms with Gasteiger partial charge in [-0.3, -0.25) is 0 Å². The van der Waals surface area contributed by atoms with E-state index in [0.717, 1.165) is 36.8 Å². The molecular formula is C19H25NO3S. The van der Waals surface area contributed by atoms with Crippen molar-refractivity contribution in [1.29, 1.82) is 0 Å². The zero-order valence-electron chi connectivity index (χ0n) is 14.6. The largest absolute Gasteiger partial charge is 0.504 e. The van der Waals surface area contributed by atoms with E-state index in [4.69, 9.17) is 4.74 Å². The average molecular weight is 347 g/mol. The van der Waals surface area contributed by atoms with E-state index in [1.54, 1.807) is 32.4 Å². The molecular weight excluding hydrogens is 322 g/mol. The molecule has 1 fully saturated rings. The second kappa shape index (κ2) is 8.36. The molecule has 0 heterocycles. The molecule has 0 saturated heterocycles. The predicted octanol–water partition coefficient (Wildman–Crippen LogP) is 3.48. The fourth-order valence-corrected chi connectivity index (χ4v) is 4.56. The lowest BCUT2D eigenvalue weighted by atomic mass is 9.91. The van der Waals surface area contributed by atoms with Gasteiger partial charge in [0.15, 0.2) is 0 Å². The van der Waals surface area contributed by atoms with Gasteiger partial charge in [-0.25, -0.2) is 8.42 Å². The van der Waals surface area contributed by atoms with Crippen LogP contribution in [0, 0.1) is 18.8 Å². The first kappa shape index (κ1) is 18.6. The Morgan fingerprint density at radius 1 is 1.29 bits per heavy atom. The van der Waals surface area contributed by atoms with Crippen molar-refractivity contribution in [3.8, 4) is 11.8 Å². The maximum Gasteiger partial charge on any atom is 0.244 e. The molecule has 0 aliphatic heterocycles. The normalized spacial score (nSPS) is 19.8. The van der Waals surface area contributed by atoms with Gasteiger partial charge in [-0.2, -0.15) is 4.31 Å². The van der Waals surface area contributed by atoms with Crippen molar-refractivity contribution in [2.45, 2.75) is 50.5 Å². The molecule has 24 heavy (non-hydrogen) atoms. The Balaban J connectivity index is 2.44. The van der Waals surface area contributed by atoms with Crippen LogP contribution in [0.4, 0.5) is 0 Å². The predicted molar refractivity (Wildman–Crippen MR) is 95.9 cm³/mol. The maximum absolute atomic E-state index is 13.2. The van der Waals surface area contributed by atoms with Gasteiger partial charge in [0.2, 0.25) is 10.0 Å². The standard InChI is InChI=1S/C19H25NO3S/c1-4-5-14-20(19-9-7-6-8-17(19)15-23-3)24(21,22)18-12-10-16(2)11-13-18/h10-13,15,19H,6-9,14H2,1-3H3/b17-15+. The number of benzene rings is 1. The van der Waals surface area contributed by atoms with E-state index in [1.165, 1.54) is 4.31 Å². The highest BCUT2D eigenvalue weighted by Crippen LogP contribution is 2.31. The second-order valence-electron chi connectivity index (χ2n) is 5.98. The summed E-state index contributed by atoms with van der Waals surface area (Å²) >= 11 is 0. The number of methoxy groups -OCH3 is 1. The van der Waals surface area contributed by atoms with Gasteiger partial charge < -0.3 is 4.74 Å². The molecule has 1 aliphatic rings. The fourth-order valence-electron chi connectivity index (χ4n) is 3.00. The third-order valence-corrected chi connectivity index (χ3v) is 6.15. The van der Waals surface area contributed by atoms with E-state index >= 15 is 0 Å². The first-order valence-electron chi connectivity index (χ1n) is 8.20. The Bertz CT molecular complexity index is 739. The van der Waals surface area contributed by atoms with Crippen molar-refractivity contribution in [2.24, 2.45) is 0 Å². The Morgan fingerprint density at radius 2 is 2.00 bits per heavy atom. The minimum Gasteiger partial charge on any atom is -0.504 e. The van der Waals surface area contributed by atoms with E-state index in [2.05, 4.69) is 11.8 Å². The van der Waals surface area contributed by atoms with Gasteiger partial charge >= 0.3 is 0 Å². The van der Waals surface area contributed by atoms with Crippen LogP contribution in [0.3, 0.4) is 0 Å². The fraction of sp³-hybridized carbons (Fsp3) is 0.474. The zero-order valence-corrected chi connectivity index (χ0v) is 15.4. The summed E-state index contributed by atoms with van der Waals surface area (Å²) in [7, 11) is -2.01. The summed E-state index contributed by atoms with van der Waals surface area (Å²) in [5, 5.41) is 0. The van der Waals surface area contributed by atoms with Gasteiger partial charge in [0.1, 0.15) is 0 Å². The van der Waals surface area contributed by atoms with Crippen molar-refractivity contribution in [1.82, 2.24) is 4.31 Å².